The maximum atomic E-state index is 5.85. The lowest BCUT2D eigenvalue weighted by molar-refractivity contribution is 0.183. The van der Waals surface area contributed by atoms with E-state index in [0.717, 1.165) is 17.9 Å². The number of piperidine rings is 1. The van der Waals surface area contributed by atoms with E-state index >= 15 is 0 Å². The number of ether oxygens (including phenoxy) is 1. The van der Waals surface area contributed by atoms with Crippen LogP contribution in [0.4, 0.5) is 0 Å². The van der Waals surface area contributed by atoms with Gasteiger partial charge >= 0.3 is 0 Å². The van der Waals surface area contributed by atoms with Crippen LogP contribution in [0.15, 0.2) is 34.5 Å². The van der Waals surface area contributed by atoms with Crippen molar-refractivity contribution in [1.29, 1.82) is 0 Å². The van der Waals surface area contributed by atoms with Gasteiger partial charge in [-0.3, -0.25) is 4.90 Å². The maximum Gasteiger partial charge on any atom is 0.211 e. The van der Waals surface area contributed by atoms with Crippen LogP contribution in [-0.2, 0) is 0 Å². The van der Waals surface area contributed by atoms with Gasteiger partial charge in [0.25, 0.3) is 0 Å². The number of rotatable bonds is 6. The third-order valence-corrected chi connectivity index (χ3v) is 3.40. The molecule has 114 valence electrons. The standard InChI is InChI=1S/C15H23N5O/c16-15(17)19-18-12-13-6-2-3-7-14(13)21-11-10-20-8-4-1-5-9-20/h2-3,6-7,12H,1,4-5,8-11H2,(H4,16,17,19). The minimum Gasteiger partial charge on any atom is -0.492 e. The highest BCUT2D eigenvalue weighted by Gasteiger charge is 2.09. The van der Waals surface area contributed by atoms with Gasteiger partial charge < -0.3 is 16.2 Å². The molecule has 0 atom stereocenters. The van der Waals surface area contributed by atoms with Crippen molar-refractivity contribution in [3.63, 3.8) is 0 Å². The van der Waals surface area contributed by atoms with Gasteiger partial charge in [0.15, 0.2) is 0 Å². The molecule has 0 bridgehead atoms. The highest BCUT2D eigenvalue weighted by molar-refractivity contribution is 5.84. The van der Waals surface area contributed by atoms with Gasteiger partial charge in [0, 0.05) is 12.1 Å². The smallest absolute Gasteiger partial charge is 0.211 e. The predicted molar refractivity (Wildman–Crippen MR) is 85.6 cm³/mol. The lowest BCUT2D eigenvalue weighted by Gasteiger charge is -2.26. The molecule has 1 heterocycles. The van der Waals surface area contributed by atoms with Gasteiger partial charge in [0.05, 0.1) is 6.21 Å². The zero-order chi connectivity index (χ0) is 14.9. The molecule has 4 N–H and O–H groups in total. The molecule has 0 aromatic heterocycles. The fourth-order valence-electron chi connectivity index (χ4n) is 2.34. The third-order valence-electron chi connectivity index (χ3n) is 3.40. The van der Waals surface area contributed by atoms with E-state index in [2.05, 4.69) is 15.1 Å². The Morgan fingerprint density at radius 3 is 2.71 bits per heavy atom. The normalized spacial score (nSPS) is 16.0. The van der Waals surface area contributed by atoms with Crippen LogP contribution < -0.4 is 16.2 Å². The first-order chi connectivity index (χ1) is 10.3. The van der Waals surface area contributed by atoms with E-state index in [1.807, 2.05) is 24.3 Å². The molecule has 0 unspecified atom stereocenters. The summed E-state index contributed by atoms with van der Waals surface area (Å²) in [5, 5.41) is 7.41. The van der Waals surface area contributed by atoms with Crippen LogP contribution in [0, 0.1) is 0 Å². The van der Waals surface area contributed by atoms with Crippen LogP contribution in [0.1, 0.15) is 24.8 Å². The molecule has 1 aromatic carbocycles. The molecule has 0 radical (unpaired) electrons. The molecule has 6 nitrogen and oxygen atoms in total. The second-order valence-corrected chi connectivity index (χ2v) is 5.06. The van der Waals surface area contributed by atoms with E-state index < -0.39 is 0 Å². The Balaban J connectivity index is 1.87. The minimum absolute atomic E-state index is 0.0604. The first kappa shape index (κ1) is 15.3. The number of likely N-dealkylation sites (tertiary alicyclic amines) is 1. The van der Waals surface area contributed by atoms with Gasteiger partial charge in [0.1, 0.15) is 12.4 Å². The number of guanidine groups is 1. The monoisotopic (exact) mass is 289 g/mol. The molecule has 0 spiro atoms. The summed E-state index contributed by atoms with van der Waals surface area (Å²) in [4.78, 5) is 2.44. The molecule has 6 heteroatoms. The number of nitrogens with zero attached hydrogens (tertiary/aromatic N) is 3. The minimum atomic E-state index is -0.0604. The SMILES string of the molecule is NC(N)=NN=Cc1ccccc1OCCN1CCCCC1. The number of para-hydroxylation sites is 1. The molecule has 1 aliphatic rings. The summed E-state index contributed by atoms with van der Waals surface area (Å²) >= 11 is 0. The molecular formula is C15H23N5O. The summed E-state index contributed by atoms with van der Waals surface area (Å²) in [6.07, 6.45) is 5.53. The van der Waals surface area contributed by atoms with Crippen LogP contribution in [0.2, 0.25) is 0 Å². The molecule has 0 aliphatic carbocycles. The summed E-state index contributed by atoms with van der Waals surface area (Å²) in [5.41, 5.74) is 11.3. The summed E-state index contributed by atoms with van der Waals surface area (Å²) in [6.45, 7) is 3.99. The second-order valence-electron chi connectivity index (χ2n) is 5.06. The zero-order valence-corrected chi connectivity index (χ0v) is 12.2. The average molecular weight is 289 g/mol. The van der Waals surface area contributed by atoms with Crippen molar-refractivity contribution in [2.45, 2.75) is 19.3 Å². The van der Waals surface area contributed by atoms with Crippen LogP contribution in [0.3, 0.4) is 0 Å². The van der Waals surface area contributed by atoms with E-state index in [0.29, 0.717) is 6.61 Å². The molecular weight excluding hydrogens is 266 g/mol. The third kappa shape index (κ3) is 5.43. The van der Waals surface area contributed by atoms with Gasteiger partial charge in [-0.2, -0.15) is 5.10 Å². The van der Waals surface area contributed by atoms with Crippen molar-refractivity contribution < 1.29 is 4.74 Å². The van der Waals surface area contributed by atoms with Crippen molar-refractivity contribution >= 4 is 12.2 Å². The average Bonchev–Trinajstić information content (AvgIpc) is 2.49. The molecule has 21 heavy (non-hydrogen) atoms. The predicted octanol–water partition coefficient (Wildman–Crippen LogP) is 1.16. The highest BCUT2D eigenvalue weighted by atomic mass is 16.5. The van der Waals surface area contributed by atoms with Crippen LogP contribution in [0.25, 0.3) is 0 Å². The lowest BCUT2D eigenvalue weighted by Crippen LogP contribution is -2.33. The summed E-state index contributed by atoms with van der Waals surface area (Å²) < 4.78 is 5.85. The van der Waals surface area contributed by atoms with Crippen LogP contribution in [-0.4, -0.2) is 43.3 Å². The first-order valence-corrected chi connectivity index (χ1v) is 7.32. The van der Waals surface area contributed by atoms with Gasteiger partial charge in [0.2, 0.25) is 5.96 Å². The fraction of sp³-hybridized carbons (Fsp3) is 0.467. The second kappa shape index (κ2) is 8.26. The summed E-state index contributed by atoms with van der Waals surface area (Å²) in [7, 11) is 0. The molecule has 1 saturated heterocycles. The molecule has 2 rings (SSSR count). The number of benzene rings is 1. The molecule has 0 saturated carbocycles. The quantitative estimate of drug-likeness (QED) is 0.467. The molecule has 1 fully saturated rings. The zero-order valence-electron chi connectivity index (χ0n) is 12.2. The van der Waals surface area contributed by atoms with Crippen molar-refractivity contribution in [3.8, 4) is 5.75 Å². The van der Waals surface area contributed by atoms with Crippen LogP contribution >= 0.6 is 0 Å². The van der Waals surface area contributed by atoms with Gasteiger partial charge in [-0.15, -0.1) is 5.10 Å². The van der Waals surface area contributed by atoms with Crippen molar-refractivity contribution in [3.05, 3.63) is 29.8 Å². The number of nitrogens with two attached hydrogens (primary N) is 2. The summed E-state index contributed by atoms with van der Waals surface area (Å²) in [6, 6.07) is 7.71. The fourth-order valence-corrected chi connectivity index (χ4v) is 2.34. The Labute approximate surface area is 125 Å². The Kier molecular flexibility index (Phi) is 6.02. The molecule has 1 aliphatic heterocycles. The largest absolute Gasteiger partial charge is 0.492 e. The van der Waals surface area contributed by atoms with Crippen molar-refractivity contribution in [2.75, 3.05) is 26.2 Å². The molecule has 0 amide bonds. The van der Waals surface area contributed by atoms with Gasteiger partial charge in [-0.05, 0) is 38.1 Å². The lowest BCUT2D eigenvalue weighted by atomic mass is 10.1. The maximum absolute atomic E-state index is 5.85. The molecule has 1 aromatic rings. The van der Waals surface area contributed by atoms with E-state index in [1.165, 1.54) is 32.4 Å². The first-order valence-electron chi connectivity index (χ1n) is 7.32. The van der Waals surface area contributed by atoms with E-state index in [1.54, 1.807) is 6.21 Å². The van der Waals surface area contributed by atoms with Crippen molar-refractivity contribution in [2.24, 2.45) is 21.7 Å². The topological polar surface area (TPSA) is 89.2 Å². The van der Waals surface area contributed by atoms with Gasteiger partial charge in [-0.1, -0.05) is 18.6 Å². The van der Waals surface area contributed by atoms with E-state index in [9.17, 15) is 0 Å². The number of hydrogen-bond donors (Lipinski definition) is 2. The van der Waals surface area contributed by atoms with Crippen LogP contribution in [0.5, 0.6) is 5.75 Å². The van der Waals surface area contributed by atoms with Gasteiger partial charge in [-0.25, -0.2) is 0 Å². The Bertz CT molecular complexity index is 491. The summed E-state index contributed by atoms with van der Waals surface area (Å²) in [5.74, 6) is 0.735. The Morgan fingerprint density at radius 2 is 1.95 bits per heavy atom. The van der Waals surface area contributed by atoms with E-state index in [4.69, 9.17) is 16.2 Å². The number of hydrogen-bond acceptors (Lipinski definition) is 4. The Morgan fingerprint density at radius 1 is 1.19 bits per heavy atom. The highest BCUT2D eigenvalue weighted by Crippen LogP contribution is 2.16. The Hall–Kier alpha value is -2.08. The van der Waals surface area contributed by atoms with Crippen molar-refractivity contribution in [1.82, 2.24) is 4.90 Å². The van der Waals surface area contributed by atoms with E-state index in [-0.39, 0.29) is 5.96 Å².